The Morgan fingerprint density at radius 3 is 2.35 bits per heavy atom. The summed E-state index contributed by atoms with van der Waals surface area (Å²) in [5.41, 5.74) is 0. The Labute approximate surface area is 139 Å². The first kappa shape index (κ1) is 17.5. The number of nitrogens with one attached hydrogen (secondary N) is 1. The molecule has 1 heterocycles. The monoisotopic (exact) mass is 394 g/mol. The summed E-state index contributed by atoms with van der Waals surface area (Å²) in [6.45, 7) is 4.65. The van der Waals surface area contributed by atoms with Gasteiger partial charge < -0.3 is 15.1 Å². The van der Waals surface area contributed by atoms with Crippen molar-refractivity contribution in [2.75, 3.05) is 33.7 Å². The number of rotatable bonds is 3. The van der Waals surface area contributed by atoms with Crippen molar-refractivity contribution >= 4 is 35.8 Å². The van der Waals surface area contributed by atoms with Crippen molar-refractivity contribution < 1.29 is 4.79 Å². The molecule has 6 heteroatoms. The van der Waals surface area contributed by atoms with Crippen molar-refractivity contribution in [3.05, 3.63) is 0 Å². The molecule has 0 atom stereocenters. The van der Waals surface area contributed by atoms with Gasteiger partial charge in [0.1, 0.15) is 6.54 Å². The summed E-state index contributed by atoms with van der Waals surface area (Å²) in [5, 5.41) is 3.47. The van der Waals surface area contributed by atoms with Crippen molar-refractivity contribution in [3.8, 4) is 0 Å². The SMILES string of the molecule is CC1CCN(C(=NCC(=O)N(C)C)NC2CC2)CC1.I. The number of aliphatic imine (C=N–C) groups is 1. The Morgan fingerprint density at radius 2 is 1.85 bits per heavy atom. The fraction of sp³-hybridized carbons (Fsp3) is 0.857. The summed E-state index contributed by atoms with van der Waals surface area (Å²) in [4.78, 5) is 20.1. The zero-order valence-corrected chi connectivity index (χ0v) is 15.1. The average molecular weight is 394 g/mol. The number of amides is 1. The van der Waals surface area contributed by atoms with Gasteiger partial charge in [-0.2, -0.15) is 0 Å². The third-order valence-corrected chi connectivity index (χ3v) is 3.86. The van der Waals surface area contributed by atoms with E-state index < -0.39 is 0 Å². The van der Waals surface area contributed by atoms with Crippen molar-refractivity contribution in [1.82, 2.24) is 15.1 Å². The smallest absolute Gasteiger partial charge is 0.243 e. The van der Waals surface area contributed by atoms with Crippen molar-refractivity contribution in [1.29, 1.82) is 0 Å². The predicted octanol–water partition coefficient (Wildman–Crippen LogP) is 1.53. The molecule has 20 heavy (non-hydrogen) atoms. The molecule has 0 aromatic heterocycles. The molecule has 0 aromatic rings. The van der Waals surface area contributed by atoms with Crippen molar-refractivity contribution in [3.63, 3.8) is 0 Å². The van der Waals surface area contributed by atoms with Crippen LogP contribution in [-0.4, -0.2) is 61.4 Å². The molecule has 1 saturated carbocycles. The Kier molecular flexibility index (Phi) is 7.05. The van der Waals surface area contributed by atoms with Gasteiger partial charge >= 0.3 is 0 Å². The molecular weight excluding hydrogens is 367 g/mol. The maximum absolute atomic E-state index is 11.7. The van der Waals surface area contributed by atoms with E-state index in [4.69, 9.17) is 0 Å². The van der Waals surface area contributed by atoms with Gasteiger partial charge in [-0.1, -0.05) is 6.92 Å². The largest absolute Gasteiger partial charge is 0.353 e. The van der Waals surface area contributed by atoms with Crippen molar-refractivity contribution in [2.45, 2.75) is 38.6 Å². The minimum absolute atomic E-state index is 0. The third kappa shape index (κ3) is 5.46. The van der Waals surface area contributed by atoms with Crippen LogP contribution in [0.4, 0.5) is 0 Å². The van der Waals surface area contributed by atoms with Crippen LogP contribution in [0.3, 0.4) is 0 Å². The standard InChI is InChI=1S/C14H26N4O.HI/c1-11-6-8-18(9-7-11)14(16-12-4-5-12)15-10-13(19)17(2)3;/h11-12H,4-10H2,1-3H3,(H,15,16);1H. The summed E-state index contributed by atoms with van der Waals surface area (Å²) in [7, 11) is 3.54. The number of hydrogen-bond acceptors (Lipinski definition) is 2. The van der Waals surface area contributed by atoms with E-state index in [0.29, 0.717) is 6.04 Å². The first-order chi connectivity index (χ1) is 9.06. The van der Waals surface area contributed by atoms with Gasteiger partial charge in [0.05, 0.1) is 0 Å². The topological polar surface area (TPSA) is 47.9 Å². The van der Waals surface area contributed by atoms with Gasteiger partial charge in [-0.15, -0.1) is 24.0 Å². The second-order valence-electron chi connectivity index (χ2n) is 6.02. The van der Waals surface area contributed by atoms with E-state index in [2.05, 4.69) is 22.1 Å². The molecule has 2 rings (SSSR count). The van der Waals surface area contributed by atoms with Crippen LogP contribution < -0.4 is 5.32 Å². The lowest BCUT2D eigenvalue weighted by Crippen LogP contribution is -2.46. The van der Waals surface area contributed by atoms with Gasteiger partial charge in [0.15, 0.2) is 5.96 Å². The van der Waals surface area contributed by atoms with E-state index in [1.807, 2.05) is 0 Å². The first-order valence-corrected chi connectivity index (χ1v) is 7.32. The van der Waals surface area contributed by atoms with Gasteiger partial charge in [0, 0.05) is 33.2 Å². The molecule has 0 spiro atoms. The molecule has 0 radical (unpaired) electrons. The Hall–Kier alpha value is -0.530. The Balaban J connectivity index is 0.00000200. The fourth-order valence-electron chi connectivity index (χ4n) is 2.15. The second kappa shape index (κ2) is 8.05. The van der Waals surface area contributed by atoms with Crippen LogP contribution in [0.15, 0.2) is 4.99 Å². The summed E-state index contributed by atoms with van der Waals surface area (Å²) in [6, 6.07) is 0.576. The number of guanidine groups is 1. The van der Waals surface area contributed by atoms with Crippen LogP contribution in [0, 0.1) is 5.92 Å². The maximum atomic E-state index is 11.7. The highest BCUT2D eigenvalue weighted by molar-refractivity contribution is 14.0. The van der Waals surface area contributed by atoms with Gasteiger partial charge in [-0.05, 0) is 31.6 Å². The van der Waals surface area contributed by atoms with Gasteiger partial charge in [0.25, 0.3) is 0 Å². The molecule has 0 aromatic carbocycles. The zero-order chi connectivity index (χ0) is 13.8. The zero-order valence-electron chi connectivity index (χ0n) is 12.8. The quantitative estimate of drug-likeness (QED) is 0.449. The number of carbonyl (C=O) groups is 1. The molecular formula is C14H27IN4O. The van der Waals surface area contributed by atoms with Gasteiger partial charge in [0.2, 0.25) is 5.91 Å². The van der Waals surface area contributed by atoms with Gasteiger partial charge in [-0.25, -0.2) is 4.99 Å². The van der Waals surface area contributed by atoms with E-state index in [1.54, 1.807) is 19.0 Å². The molecule has 1 amide bonds. The van der Waals surface area contributed by atoms with Crippen LogP contribution in [0.1, 0.15) is 32.6 Å². The van der Waals surface area contributed by atoms with Crippen LogP contribution >= 0.6 is 24.0 Å². The van der Waals surface area contributed by atoms with Crippen LogP contribution in [0.5, 0.6) is 0 Å². The lowest BCUT2D eigenvalue weighted by molar-refractivity contribution is -0.127. The highest BCUT2D eigenvalue weighted by Gasteiger charge is 2.26. The molecule has 2 aliphatic rings. The molecule has 116 valence electrons. The number of likely N-dealkylation sites (N-methyl/N-ethyl adjacent to an activating group) is 1. The lowest BCUT2D eigenvalue weighted by atomic mass is 10.00. The predicted molar refractivity (Wildman–Crippen MR) is 92.5 cm³/mol. The van der Waals surface area contributed by atoms with Crippen LogP contribution in [0.25, 0.3) is 0 Å². The molecule has 5 nitrogen and oxygen atoms in total. The molecule has 0 unspecified atom stereocenters. The minimum atomic E-state index is 0. The van der Waals surface area contributed by atoms with Crippen molar-refractivity contribution in [2.24, 2.45) is 10.9 Å². The molecule has 1 aliphatic heterocycles. The molecule has 2 fully saturated rings. The summed E-state index contributed by atoms with van der Waals surface area (Å²) >= 11 is 0. The first-order valence-electron chi connectivity index (χ1n) is 7.32. The molecule has 1 N–H and O–H groups in total. The normalized spacial score (nSPS) is 20.4. The summed E-state index contributed by atoms with van der Waals surface area (Å²) < 4.78 is 0. The minimum Gasteiger partial charge on any atom is -0.353 e. The van der Waals surface area contributed by atoms with Gasteiger partial charge in [-0.3, -0.25) is 4.79 Å². The number of halogens is 1. The highest BCUT2D eigenvalue weighted by Crippen LogP contribution is 2.21. The summed E-state index contributed by atoms with van der Waals surface area (Å²) in [5.74, 6) is 1.80. The number of hydrogen-bond donors (Lipinski definition) is 1. The van der Waals surface area contributed by atoms with E-state index in [0.717, 1.165) is 25.0 Å². The van der Waals surface area contributed by atoms with Crippen LogP contribution in [-0.2, 0) is 4.79 Å². The lowest BCUT2D eigenvalue weighted by Gasteiger charge is -2.33. The van der Waals surface area contributed by atoms with E-state index in [-0.39, 0.29) is 36.4 Å². The Bertz CT molecular complexity index is 347. The van der Waals surface area contributed by atoms with E-state index >= 15 is 0 Å². The third-order valence-electron chi connectivity index (χ3n) is 3.86. The average Bonchev–Trinajstić information content (AvgIpc) is 3.19. The molecule has 1 saturated heterocycles. The van der Waals surface area contributed by atoms with E-state index in [1.165, 1.54) is 25.7 Å². The van der Waals surface area contributed by atoms with E-state index in [9.17, 15) is 4.79 Å². The molecule has 1 aliphatic carbocycles. The number of likely N-dealkylation sites (tertiary alicyclic amines) is 1. The Morgan fingerprint density at radius 1 is 1.25 bits per heavy atom. The molecule has 0 bridgehead atoms. The maximum Gasteiger partial charge on any atom is 0.243 e. The number of piperidine rings is 1. The van der Waals surface area contributed by atoms with Crippen LogP contribution in [0.2, 0.25) is 0 Å². The highest BCUT2D eigenvalue weighted by atomic mass is 127. The fourth-order valence-corrected chi connectivity index (χ4v) is 2.15. The summed E-state index contributed by atoms with van der Waals surface area (Å²) in [6.07, 6.45) is 4.88. The number of carbonyl (C=O) groups excluding carboxylic acids is 1. The second-order valence-corrected chi connectivity index (χ2v) is 6.02. The number of nitrogens with zero attached hydrogens (tertiary/aromatic N) is 3.